The minimum absolute atomic E-state index is 0.177. The van der Waals surface area contributed by atoms with Gasteiger partial charge in [0.1, 0.15) is 22.8 Å². The van der Waals surface area contributed by atoms with E-state index < -0.39 is 5.54 Å². The maximum Gasteiger partial charge on any atom is 0.325 e. The molecule has 0 unspecified atom stereocenters. The fourth-order valence-electron chi connectivity index (χ4n) is 3.73. The predicted octanol–water partition coefficient (Wildman–Crippen LogP) is 2.13. The van der Waals surface area contributed by atoms with Gasteiger partial charge in [0.05, 0.1) is 26.9 Å². The van der Waals surface area contributed by atoms with E-state index in [0.29, 0.717) is 30.3 Å². The zero-order valence-electron chi connectivity index (χ0n) is 17.7. The molecule has 0 bridgehead atoms. The lowest BCUT2D eigenvalue weighted by molar-refractivity contribution is -0.130. The van der Waals surface area contributed by atoms with Crippen molar-refractivity contribution in [1.82, 2.24) is 15.1 Å². The molecule has 0 aliphatic carbocycles. The number of benzene rings is 1. The third-order valence-electron chi connectivity index (χ3n) is 5.41. The summed E-state index contributed by atoms with van der Waals surface area (Å²) in [4.78, 5) is 27.9. The number of imide groups is 1. The van der Waals surface area contributed by atoms with Crippen molar-refractivity contribution in [2.75, 3.05) is 47.5 Å². The molecule has 0 spiro atoms. The number of urea groups is 1. The number of carbonyl (C=O) groups excluding carboxylic acids is 2. The molecule has 2 aliphatic heterocycles. The second kappa shape index (κ2) is 8.32. The molecule has 1 aromatic rings. The molecular formula is C21H29N3O5. The highest BCUT2D eigenvalue weighted by Crippen LogP contribution is 2.40. The number of hydrogen-bond donors (Lipinski definition) is 1. The number of nitrogens with one attached hydrogen (secondary N) is 1. The summed E-state index contributed by atoms with van der Waals surface area (Å²) in [6, 6.07) is 3.38. The number of hydrogen-bond acceptors (Lipinski definition) is 6. The zero-order valence-corrected chi connectivity index (χ0v) is 17.7. The van der Waals surface area contributed by atoms with Gasteiger partial charge < -0.3 is 19.5 Å². The van der Waals surface area contributed by atoms with E-state index >= 15 is 0 Å². The molecule has 1 N–H and O–H groups in total. The van der Waals surface area contributed by atoms with Gasteiger partial charge >= 0.3 is 6.03 Å². The first kappa shape index (κ1) is 21.0. The van der Waals surface area contributed by atoms with Crippen LogP contribution in [0, 0.1) is 0 Å². The number of amides is 3. The Hall–Kier alpha value is -2.74. The van der Waals surface area contributed by atoms with Crippen LogP contribution in [0.1, 0.15) is 25.8 Å². The van der Waals surface area contributed by atoms with Crippen molar-refractivity contribution < 1.29 is 23.8 Å². The lowest BCUT2D eigenvalue weighted by atomic mass is 9.97. The van der Waals surface area contributed by atoms with Crippen LogP contribution in [0.3, 0.4) is 0 Å². The summed E-state index contributed by atoms with van der Waals surface area (Å²) in [7, 11) is 4.87. The Labute approximate surface area is 171 Å². The molecule has 0 aromatic heterocycles. The molecule has 2 aliphatic rings. The summed E-state index contributed by atoms with van der Waals surface area (Å²) >= 11 is 0. The van der Waals surface area contributed by atoms with Crippen molar-refractivity contribution >= 4 is 17.5 Å². The third-order valence-corrected chi connectivity index (χ3v) is 5.41. The van der Waals surface area contributed by atoms with Crippen LogP contribution in [0.25, 0.3) is 5.57 Å². The minimum atomic E-state index is -0.826. The molecule has 1 saturated heterocycles. The van der Waals surface area contributed by atoms with Crippen molar-refractivity contribution in [3.8, 4) is 17.2 Å². The van der Waals surface area contributed by atoms with Crippen LogP contribution < -0.4 is 19.5 Å². The van der Waals surface area contributed by atoms with Crippen LogP contribution in [-0.2, 0) is 4.79 Å². The van der Waals surface area contributed by atoms with E-state index in [0.717, 1.165) is 30.6 Å². The Bertz CT molecular complexity index is 809. The van der Waals surface area contributed by atoms with Crippen molar-refractivity contribution in [1.29, 1.82) is 0 Å². The van der Waals surface area contributed by atoms with Gasteiger partial charge in [-0.1, -0.05) is 6.08 Å². The summed E-state index contributed by atoms with van der Waals surface area (Å²) in [5, 5.41) is 2.71. The number of methoxy groups -OCH3 is 3. The highest BCUT2D eigenvalue weighted by molar-refractivity contribution is 6.06. The van der Waals surface area contributed by atoms with Crippen molar-refractivity contribution in [2.45, 2.75) is 25.8 Å². The summed E-state index contributed by atoms with van der Waals surface area (Å²) in [6.45, 7) is 6.00. The predicted molar refractivity (Wildman–Crippen MR) is 109 cm³/mol. The normalized spacial score (nSPS) is 19.1. The lowest BCUT2D eigenvalue weighted by Gasteiger charge is -2.28. The van der Waals surface area contributed by atoms with E-state index in [-0.39, 0.29) is 11.9 Å². The van der Waals surface area contributed by atoms with E-state index in [1.54, 1.807) is 35.2 Å². The molecule has 0 atom stereocenters. The molecule has 158 valence electrons. The van der Waals surface area contributed by atoms with Crippen LogP contribution >= 0.6 is 0 Å². The molecule has 0 saturated carbocycles. The highest BCUT2D eigenvalue weighted by atomic mass is 16.5. The smallest absolute Gasteiger partial charge is 0.325 e. The van der Waals surface area contributed by atoms with Crippen LogP contribution in [0.15, 0.2) is 18.2 Å². The van der Waals surface area contributed by atoms with Crippen molar-refractivity contribution in [3.05, 3.63) is 23.8 Å². The van der Waals surface area contributed by atoms with E-state index in [9.17, 15) is 9.59 Å². The average Bonchev–Trinajstić information content (AvgIpc) is 2.92. The fraction of sp³-hybridized carbons (Fsp3) is 0.524. The van der Waals surface area contributed by atoms with Crippen LogP contribution in [0.4, 0.5) is 4.79 Å². The Balaban J connectivity index is 1.69. The SMILES string of the molecule is COc1cc(OC)c(C2=CCN(CCN3C(=O)NC(C)(C)C3=O)CC2)c(OC)c1. The first-order valence-electron chi connectivity index (χ1n) is 9.66. The maximum atomic E-state index is 12.3. The van der Waals surface area contributed by atoms with Gasteiger partial charge in [-0.25, -0.2) is 4.79 Å². The van der Waals surface area contributed by atoms with E-state index in [1.165, 1.54) is 4.90 Å². The van der Waals surface area contributed by atoms with Gasteiger partial charge in [0.2, 0.25) is 0 Å². The largest absolute Gasteiger partial charge is 0.496 e. The summed E-state index contributed by atoms with van der Waals surface area (Å²) in [5.41, 5.74) is 1.26. The molecule has 1 aromatic carbocycles. The molecule has 1 fully saturated rings. The second-order valence-corrected chi connectivity index (χ2v) is 7.70. The minimum Gasteiger partial charge on any atom is -0.496 e. The number of nitrogens with zero attached hydrogens (tertiary/aromatic N) is 2. The lowest BCUT2D eigenvalue weighted by Crippen LogP contribution is -2.42. The monoisotopic (exact) mass is 403 g/mol. The number of ether oxygens (including phenoxy) is 3. The highest BCUT2D eigenvalue weighted by Gasteiger charge is 2.44. The van der Waals surface area contributed by atoms with Gasteiger partial charge in [-0.2, -0.15) is 0 Å². The fourth-order valence-corrected chi connectivity index (χ4v) is 3.73. The number of rotatable bonds is 7. The Morgan fingerprint density at radius 2 is 1.69 bits per heavy atom. The zero-order chi connectivity index (χ0) is 21.2. The van der Waals surface area contributed by atoms with Gasteiger partial charge in [-0.15, -0.1) is 0 Å². The number of carbonyl (C=O) groups is 2. The molecule has 3 rings (SSSR count). The summed E-state index contributed by atoms with van der Waals surface area (Å²) in [6.07, 6.45) is 2.96. The molecular weight excluding hydrogens is 374 g/mol. The first-order chi connectivity index (χ1) is 13.8. The van der Waals surface area contributed by atoms with Crippen LogP contribution in [0.5, 0.6) is 17.2 Å². The Morgan fingerprint density at radius 1 is 1.03 bits per heavy atom. The van der Waals surface area contributed by atoms with Gasteiger partial charge in [0.15, 0.2) is 0 Å². The van der Waals surface area contributed by atoms with Gasteiger partial charge in [0.25, 0.3) is 5.91 Å². The van der Waals surface area contributed by atoms with Gasteiger partial charge in [-0.3, -0.25) is 14.6 Å². The summed E-state index contributed by atoms with van der Waals surface area (Å²) in [5.74, 6) is 1.92. The van der Waals surface area contributed by atoms with E-state index in [2.05, 4.69) is 16.3 Å². The quantitative estimate of drug-likeness (QED) is 0.703. The molecule has 2 heterocycles. The second-order valence-electron chi connectivity index (χ2n) is 7.70. The Kier molecular flexibility index (Phi) is 6.02. The van der Waals surface area contributed by atoms with Crippen LogP contribution in [-0.4, -0.2) is 74.8 Å². The molecule has 0 radical (unpaired) electrons. The molecule has 3 amide bonds. The molecule has 29 heavy (non-hydrogen) atoms. The average molecular weight is 403 g/mol. The topological polar surface area (TPSA) is 80.3 Å². The first-order valence-corrected chi connectivity index (χ1v) is 9.66. The van der Waals surface area contributed by atoms with Crippen molar-refractivity contribution in [2.24, 2.45) is 0 Å². The van der Waals surface area contributed by atoms with Gasteiger partial charge in [-0.05, 0) is 25.8 Å². The van der Waals surface area contributed by atoms with Gasteiger partial charge in [0, 0.05) is 38.3 Å². The summed E-state index contributed by atoms with van der Waals surface area (Å²) < 4.78 is 16.4. The van der Waals surface area contributed by atoms with Crippen molar-refractivity contribution in [3.63, 3.8) is 0 Å². The molecule has 8 nitrogen and oxygen atoms in total. The molecule has 8 heteroatoms. The standard InChI is InChI=1S/C21H29N3O5/c1-21(2)19(25)24(20(26)22-21)11-10-23-8-6-14(7-9-23)18-16(28-4)12-15(27-3)13-17(18)29-5/h6,12-13H,7-11H2,1-5H3,(H,22,26). The van der Waals surface area contributed by atoms with E-state index in [4.69, 9.17) is 14.2 Å². The maximum absolute atomic E-state index is 12.3. The Morgan fingerprint density at radius 3 is 2.14 bits per heavy atom. The van der Waals surface area contributed by atoms with E-state index in [1.807, 2.05) is 12.1 Å². The van der Waals surface area contributed by atoms with Crippen LogP contribution in [0.2, 0.25) is 0 Å². The third kappa shape index (κ3) is 4.17.